The topological polar surface area (TPSA) is 237 Å². The van der Waals surface area contributed by atoms with E-state index in [0.29, 0.717) is 25.7 Å². The van der Waals surface area contributed by atoms with Crippen molar-refractivity contribution in [2.75, 3.05) is 39.6 Å². The zero-order valence-corrected chi connectivity index (χ0v) is 59.5. The minimum Gasteiger partial charge on any atom is -0.462 e. The minimum absolute atomic E-state index is 0.106. The number of carbonyl (C=O) groups is 4. The second kappa shape index (κ2) is 62.2. The van der Waals surface area contributed by atoms with E-state index in [-0.39, 0.29) is 25.7 Å². The fourth-order valence-electron chi connectivity index (χ4n) is 10.6. The molecule has 0 saturated heterocycles. The first kappa shape index (κ1) is 87.1. The Morgan fingerprint density at radius 3 is 0.764 bits per heavy atom. The Balaban J connectivity index is 5.14. The Labute approximate surface area is 543 Å². The Morgan fingerprint density at radius 2 is 0.517 bits per heavy atom. The molecular formula is C70H136O17P2. The third kappa shape index (κ3) is 64.6. The maximum absolute atomic E-state index is 13.0. The van der Waals surface area contributed by atoms with Crippen LogP contribution in [-0.4, -0.2) is 96.7 Å². The zero-order valence-electron chi connectivity index (χ0n) is 57.7. The van der Waals surface area contributed by atoms with Gasteiger partial charge in [0, 0.05) is 25.7 Å². The zero-order chi connectivity index (χ0) is 65.7. The molecule has 3 N–H and O–H groups in total. The number of esters is 4. The van der Waals surface area contributed by atoms with Crippen molar-refractivity contribution in [2.45, 2.75) is 374 Å². The van der Waals surface area contributed by atoms with Crippen LogP contribution >= 0.6 is 15.6 Å². The van der Waals surface area contributed by atoms with E-state index in [2.05, 4.69) is 41.5 Å². The van der Waals surface area contributed by atoms with Crippen LogP contribution in [0.4, 0.5) is 0 Å². The van der Waals surface area contributed by atoms with Gasteiger partial charge in [-0.3, -0.25) is 37.3 Å². The molecule has 0 saturated carbocycles. The number of phosphoric acid groups is 2. The van der Waals surface area contributed by atoms with Gasteiger partial charge in [-0.25, -0.2) is 9.13 Å². The summed E-state index contributed by atoms with van der Waals surface area (Å²) in [7, 11) is -9.89. The van der Waals surface area contributed by atoms with Crippen molar-refractivity contribution in [3.8, 4) is 0 Å². The Kier molecular flexibility index (Phi) is 60.8. The highest BCUT2D eigenvalue weighted by Crippen LogP contribution is 2.45. The number of rotatable bonds is 69. The van der Waals surface area contributed by atoms with Gasteiger partial charge in [0.05, 0.1) is 26.4 Å². The highest BCUT2D eigenvalue weighted by atomic mass is 31.2. The lowest BCUT2D eigenvalue weighted by atomic mass is 10.0. The van der Waals surface area contributed by atoms with Gasteiger partial charge in [-0.05, 0) is 37.5 Å². The van der Waals surface area contributed by atoms with Gasteiger partial charge in [0.1, 0.15) is 19.3 Å². The van der Waals surface area contributed by atoms with Crippen LogP contribution in [0.25, 0.3) is 0 Å². The van der Waals surface area contributed by atoms with E-state index in [4.69, 9.17) is 37.0 Å². The summed E-state index contributed by atoms with van der Waals surface area (Å²) in [5.74, 6) is -0.567. The predicted molar refractivity (Wildman–Crippen MR) is 358 cm³/mol. The van der Waals surface area contributed by atoms with Crippen LogP contribution in [0.1, 0.15) is 356 Å². The van der Waals surface area contributed by atoms with Gasteiger partial charge < -0.3 is 33.8 Å². The normalized spacial score (nSPS) is 14.1. The van der Waals surface area contributed by atoms with Crippen molar-refractivity contribution in [3.05, 3.63) is 0 Å². The largest absolute Gasteiger partial charge is 0.472 e. The lowest BCUT2D eigenvalue weighted by Crippen LogP contribution is -2.30. The summed E-state index contributed by atoms with van der Waals surface area (Å²) >= 11 is 0. The predicted octanol–water partition coefficient (Wildman–Crippen LogP) is 20.0. The molecule has 0 aromatic carbocycles. The van der Waals surface area contributed by atoms with Gasteiger partial charge in [0.15, 0.2) is 12.2 Å². The number of hydrogen-bond donors (Lipinski definition) is 3. The number of aliphatic hydroxyl groups excluding tert-OH is 1. The number of ether oxygens (including phenoxy) is 4. The summed E-state index contributed by atoms with van der Waals surface area (Å²) in [6, 6.07) is 0. The van der Waals surface area contributed by atoms with Crippen molar-refractivity contribution in [1.82, 2.24) is 0 Å². The fourth-order valence-corrected chi connectivity index (χ4v) is 12.2. The first-order valence-electron chi connectivity index (χ1n) is 36.5. The second-order valence-electron chi connectivity index (χ2n) is 26.2. The average Bonchev–Trinajstić information content (AvgIpc) is 3.64. The molecule has 0 aliphatic rings. The van der Waals surface area contributed by atoms with Crippen LogP contribution in [0.15, 0.2) is 0 Å². The monoisotopic (exact) mass is 1310 g/mol. The third-order valence-corrected chi connectivity index (χ3v) is 18.1. The van der Waals surface area contributed by atoms with Crippen molar-refractivity contribution < 1.29 is 80.2 Å². The SMILES string of the molecule is CCCCCCCCCCCCCCC(=O)O[C@H](COC(=O)CCCCCCC)COP(=O)(O)OC[C@H](O)COP(=O)(O)OC[C@@H](COC(=O)CCCCCCCCCCCCC(C)C)OC(=O)CCCCCCCCCCCCCCCCCCC(C)C. The van der Waals surface area contributed by atoms with E-state index in [1.807, 2.05) is 0 Å². The smallest absolute Gasteiger partial charge is 0.462 e. The standard InChI is InChI=1S/C70H136O17P2/c1-7-9-11-13-14-15-16-24-31-36-42-48-54-69(74)86-65(58-80-67(72)52-46-38-12-10-8-2)60-84-88(76,77)82-56-64(71)57-83-89(78,79)85-61-66(59-81-68(73)53-47-41-35-30-27-26-29-34-40-45-51-63(5)6)87-70(75)55-49-43-37-32-25-22-20-18-17-19-21-23-28-33-39-44-50-62(3)4/h62-66,71H,7-61H2,1-6H3,(H,76,77)(H,78,79)/t64-,65+,66+/m0/s1. The van der Waals surface area contributed by atoms with E-state index in [1.54, 1.807) is 0 Å². The average molecular weight is 1310 g/mol. The van der Waals surface area contributed by atoms with Gasteiger partial charge in [-0.1, -0.05) is 305 Å². The minimum atomic E-state index is -4.95. The first-order valence-corrected chi connectivity index (χ1v) is 39.5. The van der Waals surface area contributed by atoms with Gasteiger partial charge in [0.25, 0.3) is 0 Å². The van der Waals surface area contributed by atoms with Crippen molar-refractivity contribution in [2.24, 2.45) is 11.8 Å². The number of hydrogen-bond acceptors (Lipinski definition) is 15. The van der Waals surface area contributed by atoms with Crippen LogP contribution in [0.3, 0.4) is 0 Å². The molecule has 0 fully saturated rings. The Hall–Kier alpha value is -1.94. The van der Waals surface area contributed by atoms with E-state index in [9.17, 15) is 43.2 Å². The number of carbonyl (C=O) groups excluding carboxylic acids is 4. The summed E-state index contributed by atoms with van der Waals surface area (Å²) in [6.07, 6.45) is 47.5. The molecule has 17 nitrogen and oxygen atoms in total. The summed E-state index contributed by atoms with van der Waals surface area (Å²) in [5, 5.41) is 10.6. The Morgan fingerprint density at radius 1 is 0.303 bits per heavy atom. The summed E-state index contributed by atoms with van der Waals surface area (Å²) in [5.41, 5.74) is 0. The van der Waals surface area contributed by atoms with Gasteiger partial charge >= 0.3 is 39.5 Å². The first-order chi connectivity index (χ1) is 42.9. The van der Waals surface area contributed by atoms with E-state index >= 15 is 0 Å². The summed E-state index contributed by atoms with van der Waals surface area (Å²) in [6.45, 7) is 9.49. The van der Waals surface area contributed by atoms with Crippen LogP contribution in [0.5, 0.6) is 0 Å². The molecule has 0 rings (SSSR count). The molecule has 0 heterocycles. The quantitative estimate of drug-likeness (QED) is 0.0222. The van der Waals surface area contributed by atoms with Crippen LogP contribution in [-0.2, 0) is 65.4 Å². The fraction of sp³-hybridized carbons (Fsp3) is 0.943. The molecule has 528 valence electrons. The van der Waals surface area contributed by atoms with Crippen molar-refractivity contribution in [1.29, 1.82) is 0 Å². The molecule has 0 aromatic rings. The van der Waals surface area contributed by atoms with E-state index in [0.717, 1.165) is 108 Å². The maximum Gasteiger partial charge on any atom is 0.472 e. The third-order valence-electron chi connectivity index (χ3n) is 16.2. The molecule has 0 bridgehead atoms. The van der Waals surface area contributed by atoms with Crippen molar-refractivity contribution in [3.63, 3.8) is 0 Å². The Bertz CT molecular complexity index is 1730. The number of aliphatic hydroxyl groups is 1. The van der Waals surface area contributed by atoms with Crippen molar-refractivity contribution >= 4 is 39.5 Å². The van der Waals surface area contributed by atoms with Gasteiger partial charge in [-0.15, -0.1) is 0 Å². The lowest BCUT2D eigenvalue weighted by molar-refractivity contribution is -0.161. The molecule has 0 aliphatic carbocycles. The molecule has 0 radical (unpaired) electrons. The second-order valence-corrected chi connectivity index (χ2v) is 29.1. The molecule has 0 aliphatic heterocycles. The van der Waals surface area contributed by atoms with Crippen LogP contribution in [0.2, 0.25) is 0 Å². The maximum atomic E-state index is 13.0. The molecule has 89 heavy (non-hydrogen) atoms. The van der Waals surface area contributed by atoms with E-state index < -0.39 is 97.5 Å². The molecule has 0 amide bonds. The highest BCUT2D eigenvalue weighted by Gasteiger charge is 2.30. The summed E-state index contributed by atoms with van der Waals surface area (Å²) in [4.78, 5) is 72.3. The molecular weight excluding hydrogens is 1170 g/mol. The lowest BCUT2D eigenvalue weighted by Gasteiger charge is -2.21. The number of phosphoric ester groups is 2. The molecule has 19 heteroatoms. The molecule has 5 atom stereocenters. The summed E-state index contributed by atoms with van der Waals surface area (Å²) < 4.78 is 68.1. The molecule has 0 aromatic heterocycles. The number of unbranched alkanes of at least 4 members (excludes halogenated alkanes) is 39. The van der Waals surface area contributed by atoms with E-state index in [1.165, 1.54) is 167 Å². The van der Waals surface area contributed by atoms with Crippen LogP contribution in [0, 0.1) is 11.8 Å². The van der Waals surface area contributed by atoms with Gasteiger partial charge in [0.2, 0.25) is 0 Å². The molecule has 0 spiro atoms. The van der Waals surface area contributed by atoms with Gasteiger partial charge in [-0.2, -0.15) is 0 Å². The highest BCUT2D eigenvalue weighted by molar-refractivity contribution is 7.47. The molecule has 2 unspecified atom stereocenters. The van der Waals surface area contributed by atoms with Crippen LogP contribution < -0.4 is 0 Å².